The number of methoxy groups -OCH3 is 1. The molecule has 2 atom stereocenters. The summed E-state index contributed by atoms with van der Waals surface area (Å²) in [7, 11) is 1.28. The number of aliphatic carboxylic acids is 1. The lowest BCUT2D eigenvalue weighted by Gasteiger charge is -2.37. The minimum Gasteiger partial charge on any atom is -0.493 e. The summed E-state index contributed by atoms with van der Waals surface area (Å²) >= 11 is 0. The molecule has 1 aliphatic rings. The molecular weight excluding hydrogens is 324 g/mol. The number of carbonyl (C=O) groups is 2. The largest absolute Gasteiger partial charge is 0.493 e. The van der Waals surface area contributed by atoms with Crippen molar-refractivity contribution in [3.8, 4) is 11.5 Å². The van der Waals surface area contributed by atoms with Crippen molar-refractivity contribution < 1.29 is 33.0 Å². The van der Waals surface area contributed by atoms with E-state index in [4.69, 9.17) is 4.74 Å². The van der Waals surface area contributed by atoms with Crippen molar-refractivity contribution in [1.29, 1.82) is 0 Å². The number of alkyl halides is 2. The molecule has 2 rings (SSSR count). The van der Waals surface area contributed by atoms with Crippen molar-refractivity contribution in [2.24, 2.45) is 5.92 Å². The highest BCUT2D eigenvalue weighted by molar-refractivity contribution is 5.95. The number of nitrogens with zero attached hydrogens (tertiary/aromatic N) is 1. The van der Waals surface area contributed by atoms with Gasteiger partial charge < -0.3 is 19.5 Å². The third kappa shape index (κ3) is 3.74. The summed E-state index contributed by atoms with van der Waals surface area (Å²) in [6, 6.07) is 3.46. The summed E-state index contributed by atoms with van der Waals surface area (Å²) in [5.41, 5.74) is 0.228. The monoisotopic (exact) mass is 343 g/mol. The second-order valence-electron chi connectivity index (χ2n) is 5.57. The van der Waals surface area contributed by atoms with E-state index in [0.29, 0.717) is 19.4 Å². The molecule has 1 fully saturated rings. The molecule has 0 bridgehead atoms. The van der Waals surface area contributed by atoms with Crippen LogP contribution >= 0.6 is 0 Å². The van der Waals surface area contributed by atoms with Gasteiger partial charge in [0.05, 0.1) is 13.0 Å². The Bertz CT molecular complexity index is 622. The third-order valence-corrected chi connectivity index (χ3v) is 4.19. The first-order valence-electron chi connectivity index (χ1n) is 7.51. The van der Waals surface area contributed by atoms with Gasteiger partial charge in [-0.25, -0.2) is 0 Å². The minimum atomic E-state index is -3.00. The molecule has 132 valence electrons. The minimum absolute atomic E-state index is 0.0144. The standard InChI is InChI=1S/C16H19F2NO5/c1-9-11(15(21)22)4-3-7-19(9)14(20)10-5-6-12(24-16(17)18)13(8-10)23-2/h5-6,8-9,11,16H,3-4,7H2,1-2H3,(H,21,22)/t9-,11-/m0/s1. The first-order valence-corrected chi connectivity index (χ1v) is 7.51. The average molecular weight is 343 g/mol. The first kappa shape index (κ1) is 18.0. The Morgan fingerprint density at radius 3 is 2.62 bits per heavy atom. The van der Waals surface area contributed by atoms with Crippen molar-refractivity contribution in [1.82, 2.24) is 4.90 Å². The maximum Gasteiger partial charge on any atom is 0.387 e. The van der Waals surface area contributed by atoms with Gasteiger partial charge >= 0.3 is 12.6 Å². The molecule has 1 aliphatic heterocycles. The fraction of sp³-hybridized carbons (Fsp3) is 0.500. The van der Waals surface area contributed by atoms with Gasteiger partial charge in [0, 0.05) is 18.2 Å². The molecule has 1 aromatic carbocycles. The van der Waals surface area contributed by atoms with Crippen LogP contribution in [0.2, 0.25) is 0 Å². The Balaban J connectivity index is 2.24. The molecule has 1 amide bonds. The number of likely N-dealkylation sites (tertiary alicyclic amines) is 1. The first-order chi connectivity index (χ1) is 11.3. The molecule has 1 aromatic rings. The molecule has 0 saturated carbocycles. The van der Waals surface area contributed by atoms with Crippen LogP contribution < -0.4 is 9.47 Å². The van der Waals surface area contributed by atoms with E-state index in [2.05, 4.69) is 4.74 Å². The zero-order valence-corrected chi connectivity index (χ0v) is 13.4. The number of hydrogen-bond donors (Lipinski definition) is 1. The predicted octanol–water partition coefficient (Wildman–Crippen LogP) is 2.62. The summed E-state index contributed by atoms with van der Waals surface area (Å²) in [6.07, 6.45) is 1.11. The van der Waals surface area contributed by atoms with E-state index < -0.39 is 24.5 Å². The normalized spacial score (nSPS) is 20.8. The van der Waals surface area contributed by atoms with Crippen LogP contribution in [0.15, 0.2) is 18.2 Å². The van der Waals surface area contributed by atoms with Gasteiger partial charge in [-0.2, -0.15) is 8.78 Å². The molecule has 0 spiro atoms. The topological polar surface area (TPSA) is 76.1 Å². The van der Waals surface area contributed by atoms with Crippen molar-refractivity contribution in [3.05, 3.63) is 23.8 Å². The molecule has 8 heteroatoms. The lowest BCUT2D eigenvalue weighted by atomic mass is 9.90. The van der Waals surface area contributed by atoms with Gasteiger partial charge in [-0.15, -0.1) is 0 Å². The van der Waals surface area contributed by atoms with Gasteiger partial charge in [0.25, 0.3) is 5.91 Å². The Labute approximate surface area is 138 Å². The molecule has 1 heterocycles. The van der Waals surface area contributed by atoms with Crippen molar-refractivity contribution >= 4 is 11.9 Å². The number of carbonyl (C=O) groups excluding carboxylic acids is 1. The number of rotatable bonds is 5. The quantitative estimate of drug-likeness (QED) is 0.889. The van der Waals surface area contributed by atoms with Gasteiger partial charge in [0.15, 0.2) is 11.5 Å². The lowest BCUT2D eigenvalue weighted by molar-refractivity contribution is -0.144. The molecule has 6 nitrogen and oxygen atoms in total. The number of hydrogen-bond acceptors (Lipinski definition) is 4. The van der Waals surface area contributed by atoms with Crippen molar-refractivity contribution in [2.75, 3.05) is 13.7 Å². The summed E-state index contributed by atoms with van der Waals surface area (Å²) in [6.45, 7) is -0.859. The maximum atomic E-state index is 12.7. The van der Waals surface area contributed by atoms with E-state index in [-0.39, 0.29) is 23.0 Å². The summed E-state index contributed by atoms with van der Waals surface area (Å²) in [5, 5.41) is 9.24. The number of benzene rings is 1. The fourth-order valence-electron chi connectivity index (χ4n) is 2.92. The molecule has 1 N–H and O–H groups in total. The zero-order valence-electron chi connectivity index (χ0n) is 13.4. The molecule has 0 aliphatic carbocycles. The van der Waals surface area contributed by atoms with E-state index >= 15 is 0 Å². The van der Waals surface area contributed by atoms with E-state index in [1.165, 1.54) is 30.2 Å². The molecule has 24 heavy (non-hydrogen) atoms. The van der Waals surface area contributed by atoms with E-state index in [1.807, 2.05) is 0 Å². The smallest absolute Gasteiger partial charge is 0.387 e. The molecule has 0 unspecified atom stereocenters. The van der Waals surface area contributed by atoms with Crippen molar-refractivity contribution in [2.45, 2.75) is 32.4 Å². The van der Waals surface area contributed by atoms with Crippen LogP contribution in [0.5, 0.6) is 11.5 Å². The van der Waals surface area contributed by atoms with Crippen LogP contribution in [-0.4, -0.2) is 48.2 Å². The second kappa shape index (κ2) is 7.46. The zero-order chi connectivity index (χ0) is 17.9. The van der Waals surface area contributed by atoms with Gasteiger partial charge in [0.2, 0.25) is 0 Å². The second-order valence-corrected chi connectivity index (χ2v) is 5.57. The number of ether oxygens (including phenoxy) is 2. The van der Waals surface area contributed by atoms with Gasteiger partial charge in [-0.3, -0.25) is 9.59 Å². The van der Waals surface area contributed by atoms with Gasteiger partial charge in [0.1, 0.15) is 0 Å². The van der Waals surface area contributed by atoms with E-state index in [0.717, 1.165) is 0 Å². The van der Waals surface area contributed by atoms with Gasteiger partial charge in [-0.05, 0) is 38.0 Å². The van der Waals surface area contributed by atoms with E-state index in [9.17, 15) is 23.5 Å². The Morgan fingerprint density at radius 2 is 2.04 bits per heavy atom. The van der Waals surface area contributed by atoms with Crippen LogP contribution in [0, 0.1) is 5.92 Å². The number of carboxylic acid groups (broad SMARTS) is 1. The number of carboxylic acids is 1. The van der Waals surface area contributed by atoms with Gasteiger partial charge in [-0.1, -0.05) is 0 Å². The van der Waals surface area contributed by atoms with Crippen LogP contribution in [0.3, 0.4) is 0 Å². The van der Waals surface area contributed by atoms with Crippen molar-refractivity contribution in [3.63, 3.8) is 0 Å². The Morgan fingerprint density at radius 1 is 1.33 bits per heavy atom. The van der Waals surface area contributed by atoms with Crippen LogP contribution in [0.1, 0.15) is 30.1 Å². The number of halogens is 2. The summed E-state index contributed by atoms with van der Waals surface area (Å²) < 4.78 is 34.0. The predicted molar refractivity (Wildman–Crippen MR) is 80.5 cm³/mol. The van der Waals surface area contributed by atoms with E-state index in [1.54, 1.807) is 6.92 Å². The van der Waals surface area contributed by atoms with Crippen LogP contribution in [0.4, 0.5) is 8.78 Å². The SMILES string of the molecule is COc1cc(C(=O)N2CCC[C@H](C(=O)O)[C@@H]2C)ccc1OC(F)F. The van der Waals surface area contributed by atoms with Crippen LogP contribution in [-0.2, 0) is 4.79 Å². The summed E-state index contributed by atoms with van der Waals surface area (Å²) in [5.74, 6) is -2.07. The highest BCUT2D eigenvalue weighted by Gasteiger charge is 2.35. The highest BCUT2D eigenvalue weighted by Crippen LogP contribution is 2.31. The molecule has 0 radical (unpaired) electrons. The molecular formula is C16H19F2NO5. The lowest BCUT2D eigenvalue weighted by Crippen LogP contribution is -2.49. The Kier molecular flexibility index (Phi) is 5.58. The third-order valence-electron chi connectivity index (χ3n) is 4.19. The number of amides is 1. The number of piperidine rings is 1. The maximum absolute atomic E-state index is 12.7. The fourth-order valence-corrected chi connectivity index (χ4v) is 2.92. The molecule has 0 aromatic heterocycles. The Hall–Kier alpha value is -2.38. The van der Waals surface area contributed by atoms with Crippen LogP contribution in [0.25, 0.3) is 0 Å². The highest BCUT2D eigenvalue weighted by atomic mass is 19.3. The average Bonchev–Trinajstić information content (AvgIpc) is 2.54. The molecule has 1 saturated heterocycles. The summed E-state index contributed by atoms with van der Waals surface area (Å²) in [4.78, 5) is 25.4.